The molecule has 1 aromatic rings. The van der Waals surface area contributed by atoms with Gasteiger partial charge in [0.25, 0.3) is 0 Å². The van der Waals surface area contributed by atoms with Crippen LogP contribution in [-0.4, -0.2) is 67.9 Å². The fourth-order valence-electron chi connectivity index (χ4n) is 2.60. The number of morpholine rings is 1. The summed E-state index contributed by atoms with van der Waals surface area (Å²) in [7, 11) is 3.40. The molecule has 0 spiro atoms. The van der Waals surface area contributed by atoms with Gasteiger partial charge in [0.05, 0.1) is 23.9 Å². The zero-order chi connectivity index (χ0) is 17.7. The zero-order valence-electron chi connectivity index (χ0n) is 14.7. The van der Waals surface area contributed by atoms with Crippen LogP contribution in [0.4, 0.5) is 5.82 Å². The molecule has 2 heterocycles. The second-order valence-corrected chi connectivity index (χ2v) is 6.70. The van der Waals surface area contributed by atoms with E-state index in [4.69, 9.17) is 14.7 Å². The van der Waals surface area contributed by atoms with Gasteiger partial charge < -0.3 is 19.3 Å². The number of carbonyl (C=O) groups excluding carboxylic acids is 1. The summed E-state index contributed by atoms with van der Waals surface area (Å²) in [6.45, 7) is 5.73. The Morgan fingerprint density at radius 1 is 1.54 bits per heavy atom. The van der Waals surface area contributed by atoms with E-state index in [0.717, 1.165) is 5.82 Å². The lowest BCUT2D eigenvalue weighted by molar-refractivity contribution is -0.139. The van der Waals surface area contributed by atoms with E-state index in [2.05, 4.69) is 16.0 Å². The summed E-state index contributed by atoms with van der Waals surface area (Å²) in [6.07, 6.45) is 1.42. The molecular formula is C17H24N4O3. The summed E-state index contributed by atoms with van der Waals surface area (Å²) in [5, 5.41) is 8.87. The molecule has 7 heteroatoms. The smallest absolute Gasteiger partial charge is 0.248 e. The first kappa shape index (κ1) is 18.2. The topological polar surface area (TPSA) is 78.7 Å². The number of ether oxygens (including phenoxy) is 2. The predicted octanol–water partition coefficient (Wildman–Crippen LogP) is 1.04. The molecule has 1 aliphatic heterocycles. The van der Waals surface area contributed by atoms with E-state index in [0.29, 0.717) is 25.3 Å². The lowest BCUT2D eigenvalue weighted by atomic mass is 10.1. The molecule has 7 nitrogen and oxygen atoms in total. The average molecular weight is 332 g/mol. The van der Waals surface area contributed by atoms with Crippen molar-refractivity contribution < 1.29 is 14.3 Å². The minimum atomic E-state index is -0.354. The Morgan fingerprint density at radius 3 is 2.88 bits per heavy atom. The number of anilines is 1. The van der Waals surface area contributed by atoms with Crippen LogP contribution in [0.25, 0.3) is 0 Å². The molecule has 24 heavy (non-hydrogen) atoms. The molecule has 0 N–H and O–H groups in total. The third kappa shape index (κ3) is 4.91. The van der Waals surface area contributed by atoms with Gasteiger partial charge in [0.2, 0.25) is 5.91 Å². The summed E-state index contributed by atoms with van der Waals surface area (Å²) in [5.41, 5.74) is 0.182. The number of nitrogens with zero attached hydrogens (tertiary/aromatic N) is 4. The van der Waals surface area contributed by atoms with Crippen LogP contribution in [0.1, 0.15) is 19.4 Å². The number of rotatable bonds is 5. The van der Waals surface area contributed by atoms with E-state index < -0.39 is 0 Å². The average Bonchev–Trinajstić information content (AvgIpc) is 2.53. The Bertz CT molecular complexity index is 607. The van der Waals surface area contributed by atoms with Gasteiger partial charge in [-0.25, -0.2) is 4.98 Å². The largest absolute Gasteiger partial charge is 0.369 e. The summed E-state index contributed by atoms with van der Waals surface area (Å²) in [4.78, 5) is 19.5. The molecule has 0 saturated carbocycles. The summed E-state index contributed by atoms with van der Waals surface area (Å²) >= 11 is 0. The van der Waals surface area contributed by atoms with Gasteiger partial charge in [-0.1, -0.05) is 0 Å². The second-order valence-electron chi connectivity index (χ2n) is 6.70. The number of hydrogen-bond donors (Lipinski definition) is 0. The number of nitriles is 1. The van der Waals surface area contributed by atoms with Crippen LogP contribution in [0.5, 0.6) is 0 Å². The minimum Gasteiger partial charge on any atom is -0.369 e. The van der Waals surface area contributed by atoms with Gasteiger partial charge in [0, 0.05) is 33.4 Å². The maximum absolute atomic E-state index is 11.6. The first-order valence-electron chi connectivity index (χ1n) is 7.87. The van der Waals surface area contributed by atoms with Gasteiger partial charge >= 0.3 is 0 Å². The van der Waals surface area contributed by atoms with Crippen molar-refractivity contribution in [1.82, 2.24) is 9.88 Å². The van der Waals surface area contributed by atoms with Gasteiger partial charge in [0.15, 0.2) is 0 Å². The first-order chi connectivity index (χ1) is 11.3. The molecule has 0 radical (unpaired) electrons. The quantitative estimate of drug-likeness (QED) is 0.802. The zero-order valence-corrected chi connectivity index (χ0v) is 14.7. The van der Waals surface area contributed by atoms with Crippen molar-refractivity contribution in [1.29, 1.82) is 5.26 Å². The Labute approximate surface area is 142 Å². The van der Waals surface area contributed by atoms with Crippen molar-refractivity contribution in [2.24, 2.45) is 0 Å². The Morgan fingerprint density at radius 2 is 2.29 bits per heavy atom. The van der Waals surface area contributed by atoms with Crippen LogP contribution in [0.15, 0.2) is 18.3 Å². The summed E-state index contributed by atoms with van der Waals surface area (Å²) in [6, 6.07) is 5.66. The number of likely N-dealkylation sites (N-methyl/N-ethyl adjacent to an activating group) is 1. The number of carbonyl (C=O) groups is 1. The predicted molar refractivity (Wildman–Crippen MR) is 89.6 cm³/mol. The molecule has 1 unspecified atom stereocenters. The van der Waals surface area contributed by atoms with Crippen LogP contribution >= 0.6 is 0 Å². The van der Waals surface area contributed by atoms with Gasteiger partial charge in [-0.2, -0.15) is 5.26 Å². The lowest BCUT2D eigenvalue weighted by Gasteiger charge is -2.43. The highest BCUT2D eigenvalue weighted by Crippen LogP contribution is 2.25. The number of pyridine rings is 1. The Balaban J connectivity index is 1.98. The van der Waals surface area contributed by atoms with E-state index in [1.807, 2.05) is 19.9 Å². The Hall–Kier alpha value is -2.17. The molecule has 0 aliphatic carbocycles. The summed E-state index contributed by atoms with van der Waals surface area (Å²) in [5.74, 6) is 0.732. The van der Waals surface area contributed by atoms with Crippen LogP contribution in [0.2, 0.25) is 0 Å². The molecule has 0 bridgehead atoms. The molecule has 130 valence electrons. The molecule has 2 rings (SSSR count). The number of aromatic nitrogens is 1. The third-order valence-electron chi connectivity index (χ3n) is 3.71. The molecule has 1 atom stereocenters. The van der Waals surface area contributed by atoms with Gasteiger partial charge in [-0.3, -0.25) is 4.79 Å². The second kappa shape index (κ2) is 7.60. The van der Waals surface area contributed by atoms with Gasteiger partial charge in [-0.05, 0) is 26.0 Å². The van der Waals surface area contributed by atoms with E-state index >= 15 is 0 Å². The number of amides is 1. The van der Waals surface area contributed by atoms with E-state index in [9.17, 15) is 4.79 Å². The minimum absolute atomic E-state index is 0.0441. The first-order valence-corrected chi connectivity index (χ1v) is 7.87. The highest BCUT2D eigenvalue weighted by Gasteiger charge is 2.34. The van der Waals surface area contributed by atoms with E-state index in [-0.39, 0.29) is 24.2 Å². The monoisotopic (exact) mass is 332 g/mol. The maximum Gasteiger partial charge on any atom is 0.248 e. The number of hydrogen-bond acceptors (Lipinski definition) is 6. The highest BCUT2D eigenvalue weighted by atomic mass is 16.5. The SMILES string of the molecule is CN(C)C(=O)COCC1CN(c2ccc(C#N)cn2)CC(C)(C)O1. The molecule has 1 amide bonds. The summed E-state index contributed by atoms with van der Waals surface area (Å²) < 4.78 is 11.5. The maximum atomic E-state index is 11.6. The van der Waals surface area contributed by atoms with Crippen molar-refractivity contribution in [2.45, 2.75) is 25.6 Å². The molecular weight excluding hydrogens is 308 g/mol. The lowest BCUT2D eigenvalue weighted by Crippen LogP contribution is -2.54. The highest BCUT2D eigenvalue weighted by molar-refractivity contribution is 5.76. The third-order valence-corrected chi connectivity index (χ3v) is 3.71. The molecule has 1 aliphatic rings. The standard InChI is InChI=1S/C17H24N4O3/c1-17(2)12-21(15-6-5-13(7-18)8-19-15)9-14(24-17)10-23-11-16(22)20(3)4/h5-6,8,14H,9-12H2,1-4H3. The van der Waals surface area contributed by atoms with Crippen LogP contribution < -0.4 is 4.90 Å². The van der Waals surface area contributed by atoms with Crippen LogP contribution in [0.3, 0.4) is 0 Å². The van der Waals surface area contributed by atoms with Crippen molar-refractivity contribution in [3.05, 3.63) is 23.9 Å². The molecule has 0 aromatic carbocycles. The fourth-order valence-corrected chi connectivity index (χ4v) is 2.60. The van der Waals surface area contributed by atoms with E-state index in [1.165, 1.54) is 4.90 Å². The molecule has 1 aromatic heterocycles. The normalized spacial score (nSPS) is 19.6. The van der Waals surface area contributed by atoms with Crippen molar-refractivity contribution in [3.8, 4) is 6.07 Å². The van der Waals surface area contributed by atoms with Gasteiger partial charge in [-0.15, -0.1) is 0 Å². The molecule has 1 fully saturated rings. The van der Waals surface area contributed by atoms with Crippen molar-refractivity contribution in [2.75, 3.05) is 45.3 Å². The van der Waals surface area contributed by atoms with Gasteiger partial charge in [0.1, 0.15) is 18.5 Å². The van der Waals surface area contributed by atoms with E-state index in [1.54, 1.807) is 26.4 Å². The Kier molecular flexibility index (Phi) is 5.75. The molecule has 1 saturated heterocycles. The van der Waals surface area contributed by atoms with Crippen LogP contribution in [0, 0.1) is 11.3 Å². The van der Waals surface area contributed by atoms with Crippen molar-refractivity contribution in [3.63, 3.8) is 0 Å². The fraction of sp³-hybridized carbons (Fsp3) is 0.588. The van der Waals surface area contributed by atoms with Crippen LogP contribution in [-0.2, 0) is 14.3 Å². The van der Waals surface area contributed by atoms with Crippen molar-refractivity contribution >= 4 is 11.7 Å².